The Balaban J connectivity index is 1.05. The molecule has 1 aromatic carbocycles. The maximum Gasteiger partial charge on any atom is 0.313 e. The summed E-state index contributed by atoms with van der Waals surface area (Å²) in [5.74, 6) is -14.7. The molecule has 16 nitrogen and oxygen atoms in total. The van der Waals surface area contributed by atoms with Gasteiger partial charge in [0.1, 0.15) is 12.2 Å². The number of aliphatic hydroxyl groups is 3. The number of halogens is 5. The molecule has 21 heteroatoms. The number of carbonyl (C=O) groups excluding carboxylic acids is 1. The molecule has 3 N–H and O–H groups in total. The first-order valence-electron chi connectivity index (χ1n) is 16.9. The van der Waals surface area contributed by atoms with Gasteiger partial charge in [-0.25, -0.2) is 17.9 Å². The molecule has 0 unspecified atom stereocenters. The summed E-state index contributed by atoms with van der Waals surface area (Å²) in [4.78, 5) is 11.7. The fourth-order valence-electron chi connectivity index (χ4n) is 4.61. The maximum absolute atomic E-state index is 13.6. The minimum Gasteiger partial charge on any atom is -0.420 e. The maximum atomic E-state index is 13.6. The number of ether oxygens (including phenoxy) is 9. The van der Waals surface area contributed by atoms with Crippen molar-refractivity contribution in [1.82, 2.24) is 15.0 Å². The van der Waals surface area contributed by atoms with Crippen LogP contribution in [0.15, 0.2) is 6.20 Å². The monoisotopic (exact) mass is 775 g/mol. The molecule has 5 atom stereocenters. The second-order valence-electron chi connectivity index (χ2n) is 11.5. The van der Waals surface area contributed by atoms with Gasteiger partial charge in [-0.2, -0.15) is 8.78 Å². The molecule has 1 aromatic heterocycles. The summed E-state index contributed by atoms with van der Waals surface area (Å²) >= 11 is 0. The van der Waals surface area contributed by atoms with Gasteiger partial charge in [0.25, 0.3) is 0 Å². The van der Waals surface area contributed by atoms with E-state index >= 15 is 0 Å². The largest absolute Gasteiger partial charge is 0.420 e. The van der Waals surface area contributed by atoms with Crippen LogP contribution in [-0.4, -0.2) is 153 Å². The van der Waals surface area contributed by atoms with Crippen LogP contribution in [0, 0.1) is 35.0 Å². The lowest BCUT2D eigenvalue weighted by molar-refractivity contribution is -0.282. The Kier molecular flexibility index (Phi) is 20.5. The van der Waals surface area contributed by atoms with Crippen molar-refractivity contribution in [2.75, 3.05) is 92.5 Å². The lowest BCUT2D eigenvalue weighted by atomic mass is 9.92. The van der Waals surface area contributed by atoms with Crippen molar-refractivity contribution < 1.29 is 84.7 Å². The quantitative estimate of drug-likeness (QED) is 0.0287. The first-order chi connectivity index (χ1) is 25.5. The minimum absolute atomic E-state index is 0.0658. The van der Waals surface area contributed by atoms with E-state index in [0.29, 0.717) is 64.9 Å². The third-order valence-electron chi connectivity index (χ3n) is 7.57. The minimum atomic E-state index is -2.36. The molecule has 1 aliphatic heterocycles. The van der Waals surface area contributed by atoms with Crippen LogP contribution in [0.1, 0.15) is 19.0 Å². The molecule has 0 amide bonds. The predicted octanol–water partition coefficient (Wildman–Crippen LogP) is 0.703. The van der Waals surface area contributed by atoms with Crippen LogP contribution in [0.25, 0.3) is 0 Å². The van der Waals surface area contributed by atoms with Gasteiger partial charge in [-0.05, 0) is 0 Å². The predicted molar refractivity (Wildman–Crippen MR) is 168 cm³/mol. The highest BCUT2D eigenvalue weighted by molar-refractivity contribution is 5.72. The molecule has 302 valence electrons. The van der Waals surface area contributed by atoms with Gasteiger partial charge in [0, 0.05) is 18.5 Å². The van der Waals surface area contributed by atoms with Crippen molar-refractivity contribution in [3.63, 3.8) is 0 Å². The van der Waals surface area contributed by atoms with E-state index in [4.69, 9.17) is 37.9 Å². The summed E-state index contributed by atoms with van der Waals surface area (Å²) < 4.78 is 116. The van der Waals surface area contributed by atoms with Crippen LogP contribution in [0.2, 0.25) is 0 Å². The van der Waals surface area contributed by atoms with Gasteiger partial charge in [-0.1, -0.05) is 12.1 Å². The molecule has 1 fully saturated rings. The summed E-state index contributed by atoms with van der Waals surface area (Å²) in [6.07, 6.45) is -2.20. The van der Waals surface area contributed by atoms with Gasteiger partial charge in [0.15, 0.2) is 6.29 Å². The van der Waals surface area contributed by atoms with Crippen LogP contribution in [0.5, 0.6) is 5.75 Å². The molecule has 0 saturated carbocycles. The Bertz CT molecular complexity index is 1330. The van der Waals surface area contributed by atoms with Crippen molar-refractivity contribution >= 4 is 5.97 Å². The summed E-state index contributed by atoms with van der Waals surface area (Å²) in [5, 5.41) is 37.5. The number of benzene rings is 1. The highest BCUT2D eigenvalue weighted by Crippen LogP contribution is 2.29. The average Bonchev–Trinajstić information content (AvgIpc) is 3.61. The van der Waals surface area contributed by atoms with Crippen molar-refractivity contribution in [3.8, 4) is 5.75 Å². The summed E-state index contributed by atoms with van der Waals surface area (Å²) in [6, 6.07) is 0. The van der Waals surface area contributed by atoms with E-state index in [9.17, 15) is 42.1 Å². The number of nitrogens with zero attached hydrogens (tertiary/aromatic N) is 3. The second-order valence-corrected chi connectivity index (χ2v) is 11.5. The van der Waals surface area contributed by atoms with Crippen molar-refractivity contribution in [2.24, 2.45) is 5.92 Å². The third kappa shape index (κ3) is 15.0. The summed E-state index contributed by atoms with van der Waals surface area (Å²) in [7, 11) is 0. The first-order valence-corrected chi connectivity index (χ1v) is 16.9. The van der Waals surface area contributed by atoms with E-state index < -0.39 is 84.4 Å². The lowest BCUT2D eigenvalue weighted by Crippen LogP contribution is -2.55. The number of rotatable bonds is 27. The van der Waals surface area contributed by atoms with Crippen LogP contribution >= 0.6 is 0 Å². The second kappa shape index (κ2) is 24.4. The van der Waals surface area contributed by atoms with E-state index in [1.807, 2.05) is 0 Å². The normalized spacial score (nSPS) is 20.3. The zero-order valence-electron chi connectivity index (χ0n) is 29.1. The molecule has 3 rings (SSSR count). The van der Waals surface area contributed by atoms with Crippen LogP contribution in [-0.2, 0) is 55.7 Å². The summed E-state index contributed by atoms with van der Waals surface area (Å²) in [5.41, 5.74) is 0.699. The average molecular weight is 776 g/mol. The Morgan fingerprint density at radius 3 is 1.75 bits per heavy atom. The van der Waals surface area contributed by atoms with Gasteiger partial charge in [0.2, 0.25) is 34.8 Å². The molecule has 2 aromatic rings. The van der Waals surface area contributed by atoms with Crippen molar-refractivity contribution in [2.45, 2.75) is 50.9 Å². The summed E-state index contributed by atoms with van der Waals surface area (Å²) in [6.45, 7) is 5.12. The number of aliphatic hydroxyl groups excluding tert-OH is 3. The molecule has 53 heavy (non-hydrogen) atoms. The van der Waals surface area contributed by atoms with Gasteiger partial charge in [-0.3, -0.25) is 4.79 Å². The van der Waals surface area contributed by atoms with E-state index in [1.165, 1.54) is 0 Å². The molecule has 0 aliphatic carbocycles. The van der Waals surface area contributed by atoms with Crippen LogP contribution in [0.4, 0.5) is 22.0 Å². The van der Waals surface area contributed by atoms with Crippen molar-refractivity contribution in [1.29, 1.82) is 0 Å². The van der Waals surface area contributed by atoms with Gasteiger partial charge in [-0.15, -0.1) is 5.10 Å². The van der Waals surface area contributed by atoms with E-state index in [-0.39, 0.29) is 39.6 Å². The van der Waals surface area contributed by atoms with Crippen LogP contribution in [0.3, 0.4) is 0 Å². The topological polar surface area (TPSA) is 192 Å². The van der Waals surface area contributed by atoms with Gasteiger partial charge in [0.05, 0.1) is 117 Å². The highest BCUT2D eigenvalue weighted by Gasteiger charge is 2.42. The Labute approximate surface area is 301 Å². The molecule has 2 heterocycles. The standard InChI is InChI=1S/C32H46F5N3O13/c1-20-29(43)30(44)22(19-41)52-32(20)51-6-2-21-18-40(39-38-21)4-7-46-9-11-48-13-15-50-17-16-49-14-12-47-10-8-45-5-3-23(42)53-31-27(36)25(34)24(33)26(35)28(31)37/h18,20,22,29-30,32,41,43-44H,2-17,19H2,1H3/t20-,22-,29-,30+,32-/m1/s1. The number of hydrogen-bond acceptors (Lipinski definition) is 15. The fourth-order valence-corrected chi connectivity index (χ4v) is 4.61. The SMILES string of the molecule is C[C@H]1[C@H](OCCc2cn(CCOCCOCCOCCOCCOCCOCCC(=O)Oc3c(F)c(F)c(F)c(F)c3F)nn2)O[C@H](CO)[C@H](O)[C@@H]1O. The smallest absolute Gasteiger partial charge is 0.313 e. The molecule has 1 saturated heterocycles. The molecule has 0 bridgehead atoms. The third-order valence-corrected chi connectivity index (χ3v) is 7.57. The first kappa shape index (κ1) is 44.4. The molecular weight excluding hydrogens is 729 g/mol. The number of carbonyl (C=O) groups is 1. The zero-order valence-corrected chi connectivity index (χ0v) is 29.1. The Morgan fingerprint density at radius 2 is 1.23 bits per heavy atom. The zero-order chi connectivity index (χ0) is 38.6. The Morgan fingerprint density at radius 1 is 0.736 bits per heavy atom. The molecule has 0 spiro atoms. The number of hydrogen-bond donors (Lipinski definition) is 3. The molecule has 1 aliphatic rings. The van der Waals surface area contributed by atoms with Gasteiger partial charge < -0.3 is 58.0 Å². The number of aromatic nitrogens is 3. The fraction of sp³-hybridized carbons (Fsp3) is 0.719. The highest BCUT2D eigenvalue weighted by atomic mass is 19.2. The van der Waals surface area contributed by atoms with Gasteiger partial charge >= 0.3 is 5.97 Å². The van der Waals surface area contributed by atoms with E-state index in [2.05, 4.69) is 15.0 Å². The number of esters is 1. The van der Waals surface area contributed by atoms with E-state index in [1.54, 1.807) is 17.8 Å². The molecular formula is C32H46F5N3O13. The Hall–Kier alpha value is -2.96. The van der Waals surface area contributed by atoms with E-state index in [0.717, 1.165) is 0 Å². The van der Waals surface area contributed by atoms with Crippen molar-refractivity contribution in [3.05, 3.63) is 41.0 Å². The van der Waals surface area contributed by atoms with Crippen LogP contribution < -0.4 is 4.74 Å². The molecule has 0 radical (unpaired) electrons. The lowest BCUT2D eigenvalue weighted by Gasteiger charge is -2.40.